The fourth-order valence-corrected chi connectivity index (χ4v) is 6.75. The molecule has 0 spiro atoms. The van der Waals surface area contributed by atoms with Crippen LogP contribution < -0.4 is 4.57 Å². The number of aryl methyl sites for hydroxylation is 4. The van der Waals surface area contributed by atoms with Gasteiger partial charge in [0.05, 0.1) is 27.3 Å². The fourth-order valence-electron chi connectivity index (χ4n) is 6.75. The number of hydrogen-bond donors (Lipinski definition) is 0. The Kier molecular flexibility index (Phi) is 3.93. The molecule has 1 saturated carbocycles. The zero-order chi connectivity index (χ0) is 22.4. The minimum absolute atomic E-state index is 0.846. The van der Waals surface area contributed by atoms with Crippen molar-refractivity contribution in [2.24, 2.45) is 13.0 Å². The van der Waals surface area contributed by atoms with Gasteiger partial charge in [-0.3, -0.25) is 0 Å². The van der Waals surface area contributed by atoms with Crippen molar-refractivity contribution in [3.8, 4) is 0 Å². The summed E-state index contributed by atoms with van der Waals surface area (Å²) >= 11 is 0. The molecule has 0 bridgehead atoms. The summed E-state index contributed by atoms with van der Waals surface area (Å²) in [5.74, 6) is 0.846. The summed E-state index contributed by atoms with van der Waals surface area (Å²) in [6.45, 7) is 6.78. The maximum Gasteiger partial charge on any atom is 0.224 e. The summed E-state index contributed by atoms with van der Waals surface area (Å²) in [5, 5.41) is 6.94. The van der Waals surface area contributed by atoms with Crippen LogP contribution in [0.3, 0.4) is 0 Å². The molecule has 0 unspecified atom stereocenters. The molecule has 7 rings (SSSR count). The Labute approximate surface area is 194 Å². The molecule has 1 aliphatic rings. The topological polar surface area (TPSA) is 8.29 Å². The second-order valence-electron chi connectivity index (χ2n) is 10.7. The molecule has 3 aromatic heterocycles. The number of hydrogen-bond acceptors (Lipinski definition) is 0. The molecule has 0 aliphatic heterocycles. The highest BCUT2D eigenvalue weighted by molar-refractivity contribution is 6.26. The highest BCUT2D eigenvalue weighted by Crippen LogP contribution is 2.42. The van der Waals surface area contributed by atoms with Gasteiger partial charge >= 0.3 is 0 Å². The van der Waals surface area contributed by atoms with E-state index in [1.165, 1.54) is 103 Å². The maximum atomic E-state index is 2.58. The second kappa shape index (κ2) is 6.70. The van der Waals surface area contributed by atoms with E-state index in [0.717, 1.165) is 5.92 Å². The first kappa shape index (κ1) is 19.3. The van der Waals surface area contributed by atoms with E-state index >= 15 is 0 Å². The first-order chi connectivity index (χ1) is 16.0. The molecular formula is C31H31N2+. The van der Waals surface area contributed by atoms with Gasteiger partial charge in [-0.05, 0) is 79.5 Å². The van der Waals surface area contributed by atoms with E-state index in [4.69, 9.17) is 0 Å². The lowest BCUT2D eigenvalue weighted by molar-refractivity contribution is -0.643. The number of benzene rings is 3. The van der Waals surface area contributed by atoms with Crippen LogP contribution in [0.25, 0.3) is 49.0 Å². The van der Waals surface area contributed by atoms with Crippen LogP contribution in [0.5, 0.6) is 0 Å². The third-order valence-corrected chi connectivity index (χ3v) is 8.48. The molecule has 0 radical (unpaired) electrons. The van der Waals surface area contributed by atoms with Crippen LogP contribution in [0.15, 0.2) is 48.7 Å². The van der Waals surface area contributed by atoms with Gasteiger partial charge in [-0.2, -0.15) is 0 Å². The van der Waals surface area contributed by atoms with Gasteiger partial charge in [0.15, 0.2) is 6.20 Å². The van der Waals surface area contributed by atoms with Crippen molar-refractivity contribution < 1.29 is 4.57 Å². The van der Waals surface area contributed by atoms with Crippen LogP contribution in [0.1, 0.15) is 47.9 Å². The van der Waals surface area contributed by atoms with Crippen molar-refractivity contribution in [2.75, 3.05) is 0 Å². The Morgan fingerprint density at radius 3 is 2.52 bits per heavy atom. The highest BCUT2D eigenvalue weighted by Gasteiger charge is 2.25. The van der Waals surface area contributed by atoms with Gasteiger partial charge in [0, 0.05) is 16.8 Å². The van der Waals surface area contributed by atoms with E-state index in [1.54, 1.807) is 0 Å². The first-order valence-corrected chi connectivity index (χ1v) is 12.5. The summed E-state index contributed by atoms with van der Waals surface area (Å²) in [7, 11) is 2.21. The van der Waals surface area contributed by atoms with Crippen molar-refractivity contribution in [1.82, 2.24) is 4.40 Å². The largest absolute Gasteiger partial charge is 0.307 e. The van der Waals surface area contributed by atoms with Gasteiger partial charge < -0.3 is 4.40 Å². The average Bonchev–Trinajstić information content (AvgIpc) is 3.41. The van der Waals surface area contributed by atoms with Crippen LogP contribution in [0, 0.1) is 26.7 Å². The predicted octanol–water partition coefficient (Wildman–Crippen LogP) is 7.47. The van der Waals surface area contributed by atoms with E-state index in [9.17, 15) is 0 Å². The molecule has 0 N–H and O–H groups in total. The van der Waals surface area contributed by atoms with Gasteiger partial charge in [0.2, 0.25) is 5.52 Å². The SMILES string of the molecule is Cc1ccc2c(c1)c1cc(C)c(C)c3c1n2c1cc(CC2CCCC2)cc2cc[n+](C)c3c21. The molecule has 2 nitrogen and oxygen atoms in total. The summed E-state index contributed by atoms with van der Waals surface area (Å²) in [4.78, 5) is 0. The summed E-state index contributed by atoms with van der Waals surface area (Å²) < 4.78 is 4.93. The van der Waals surface area contributed by atoms with E-state index in [-0.39, 0.29) is 0 Å². The van der Waals surface area contributed by atoms with Crippen LogP contribution in [-0.2, 0) is 13.5 Å². The molecule has 0 amide bonds. The van der Waals surface area contributed by atoms with Gasteiger partial charge in [0.1, 0.15) is 7.05 Å². The number of pyridine rings is 2. The van der Waals surface area contributed by atoms with Crippen LogP contribution in [-0.4, -0.2) is 4.40 Å². The molecule has 6 aromatic rings. The highest BCUT2D eigenvalue weighted by atomic mass is 15.0. The Bertz CT molecular complexity index is 1730. The Morgan fingerprint density at radius 1 is 0.879 bits per heavy atom. The average molecular weight is 432 g/mol. The van der Waals surface area contributed by atoms with E-state index in [2.05, 4.69) is 85.4 Å². The molecule has 1 fully saturated rings. The molecule has 0 saturated heterocycles. The number of fused-ring (bicyclic) bond motifs is 5. The molecule has 3 aromatic carbocycles. The summed E-state index contributed by atoms with van der Waals surface area (Å²) in [6, 6.07) is 16.7. The molecule has 33 heavy (non-hydrogen) atoms. The zero-order valence-corrected chi connectivity index (χ0v) is 20.1. The van der Waals surface area contributed by atoms with Gasteiger partial charge in [-0.15, -0.1) is 0 Å². The Balaban J connectivity index is 1.75. The third kappa shape index (κ3) is 2.58. The van der Waals surface area contributed by atoms with E-state index < -0.39 is 0 Å². The first-order valence-electron chi connectivity index (χ1n) is 12.5. The normalized spacial score (nSPS) is 15.4. The number of rotatable bonds is 2. The molecule has 2 heteroatoms. The van der Waals surface area contributed by atoms with Crippen molar-refractivity contribution in [1.29, 1.82) is 0 Å². The molecule has 1 aliphatic carbocycles. The number of aromatic nitrogens is 2. The number of nitrogens with zero attached hydrogens (tertiary/aromatic N) is 2. The van der Waals surface area contributed by atoms with Crippen molar-refractivity contribution in [2.45, 2.75) is 52.9 Å². The van der Waals surface area contributed by atoms with Crippen molar-refractivity contribution >= 4 is 49.0 Å². The van der Waals surface area contributed by atoms with Gasteiger partial charge in [-0.25, -0.2) is 4.57 Å². The zero-order valence-electron chi connectivity index (χ0n) is 20.1. The lowest BCUT2D eigenvalue weighted by Gasteiger charge is -2.16. The minimum atomic E-state index is 0.846. The maximum absolute atomic E-state index is 2.58. The monoisotopic (exact) mass is 431 g/mol. The Morgan fingerprint density at radius 2 is 1.70 bits per heavy atom. The lowest BCUT2D eigenvalue weighted by atomic mass is 9.93. The quantitative estimate of drug-likeness (QED) is 0.153. The predicted molar refractivity (Wildman–Crippen MR) is 140 cm³/mol. The lowest BCUT2D eigenvalue weighted by Crippen LogP contribution is -2.29. The molecular weight excluding hydrogens is 400 g/mol. The van der Waals surface area contributed by atoms with Crippen LogP contribution >= 0.6 is 0 Å². The Hall–Kier alpha value is -3.13. The molecule has 164 valence electrons. The van der Waals surface area contributed by atoms with Crippen LogP contribution in [0.4, 0.5) is 0 Å². The van der Waals surface area contributed by atoms with Gasteiger partial charge in [-0.1, -0.05) is 43.4 Å². The van der Waals surface area contributed by atoms with E-state index in [0.29, 0.717) is 0 Å². The van der Waals surface area contributed by atoms with Crippen molar-refractivity contribution in [3.05, 3.63) is 70.9 Å². The minimum Gasteiger partial charge on any atom is -0.307 e. The van der Waals surface area contributed by atoms with E-state index in [1.807, 2.05) is 0 Å². The van der Waals surface area contributed by atoms with Gasteiger partial charge in [0.25, 0.3) is 0 Å². The standard InChI is InChI=1S/C31H31N2/c1-18-9-10-26-24(13-18)25-14-19(2)20(3)28-30(25)33(26)27-17-22(15-21-7-5-6-8-21)16-23-11-12-32(4)31(28)29(23)27/h9-14,16-17,21H,5-8,15H2,1-4H3/q+1. The summed E-state index contributed by atoms with van der Waals surface area (Å²) in [5.41, 5.74) is 11.0. The summed E-state index contributed by atoms with van der Waals surface area (Å²) in [6.07, 6.45) is 9.05. The fraction of sp³-hybridized carbons (Fsp3) is 0.323. The second-order valence-corrected chi connectivity index (χ2v) is 10.7. The third-order valence-electron chi connectivity index (χ3n) is 8.48. The molecule has 3 heterocycles. The molecule has 0 atom stereocenters. The van der Waals surface area contributed by atoms with Crippen LogP contribution in [0.2, 0.25) is 0 Å². The smallest absolute Gasteiger partial charge is 0.224 e. The van der Waals surface area contributed by atoms with Crippen molar-refractivity contribution in [3.63, 3.8) is 0 Å².